The molecule has 0 radical (unpaired) electrons. The minimum absolute atomic E-state index is 0.0672. The molecule has 0 saturated carbocycles. The van der Waals surface area contributed by atoms with E-state index in [1.54, 1.807) is 12.1 Å². The average Bonchev–Trinajstić information content (AvgIpc) is 3.16. The van der Waals surface area contributed by atoms with Crippen molar-refractivity contribution >= 4 is 28.9 Å². The highest BCUT2D eigenvalue weighted by molar-refractivity contribution is 7.80. The van der Waals surface area contributed by atoms with Gasteiger partial charge in [-0.2, -0.15) is 4.98 Å². The molecular formula is C18H16FN5O2S. The first-order valence-corrected chi connectivity index (χ1v) is 8.51. The van der Waals surface area contributed by atoms with Crippen LogP contribution in [-0.2, 0) is 11.2 Å². The Morgan fingerprint density at radius 1 is 1.07 bits per heavy atom. The summed E-state index contributed by atoms with van der Waals surface area (Å²) in [6.07, 6.45) is 0.395. The number of hydrazine groups is 1. The third-order valence-electron chi connectivity index (χ3n) is 3.50. The van der Waals surface area contributed by atoms with Crippen LogP contribution < -0.4 is 16.2 Å². The first-order chi connectivity index (χ1) is 13.1. The molecule has 0 aliphatic carbocycles. The van der Waals surface area contributed by atoms with E-state index in [9.17, 15) is 9.18 Å². The largest absolute Gasteiger partial charge is 0.339 e. The van der Waals surface area contributed by atoms with Crippen LogP contribution in [0.1, 0.15) is 12.3 Å². The van der Waals surface area contributed by atoms with E-state index in [1.165, 1.54) is 12.1 Å². The van der Waals surface area contributed by atoms with Crippen molar-refractivity contribution in [3.8, 4) is 11.4 Å². The Morgan fingerprint density at radius 2 is 1.81 bits per heavy atom. The summed E-state index contributed by atoms with van der Waals surface area (Å²) >= 11 is 5.00. The van der Waals surface area contributed by atoms with Crippen molar-refractivity contribution in [2.24, 2.45) is 0 Å². The summed E-state index contributed by atoms with van der Waals surface area (Å²) in [5.41, 5.74) is 5.99. The fraction of sp³-hybridized carbons (Fsp3) is 0.111. The summed E-state index contributed by atoms with van der Waals surface area (Å²) in [7, 11) is 0. The Labute approximate surface area is 159 Å². The van der Waals surface area contributed by atoms with E-state index in [2.05, 4.69) is 26.3 Å². The fourth-order valence-corrected chi connectivity index (χ4v) is 2.35. The van der Waals surface area contributed by atoms with Crippen molar-refractivity contribution in [3.63, 3.8) is 0 Å². The minimum atomic E-state index is -0.446. The molecule has 0 fully saturated rings. The number of para-hydroxylation sites is 1. The molecule has 0 atom stereocenters. The molecule has 1 heterocycles. The third-order valence-corrected chi connectivity index (χ3v) is 3.71. The molecule has 0 aliphatic rings. The Morgan fingerprint density at radius 3 is 2.59 bits per heavy atom. The molecular weight excluding hydrogens is 369 g/mol. The zero-order valence-electron chi connectivity index (χ0n) is 14.1. The molecule has 2 aromatic carbocycles. The molecule has 3 rings (SSSR count). The molecule has 0 aliphatic heterocycles. The van der Waals surface area contributed by atoms with E-state index >= 15 is 0 Å². The van der Waals surface area contributed by atoms with Crippen LogP contribution in [-0.4, -0.2) is 21.2 Å². The van der Waals surface area contributed by atoms with Crippen LogP contribution in [0.2, 0.25) is 0 Å². The highest BCUT2D eigenvalue weighted by Gasteiger charge is 2.11. The van der Waals surface area contributed by atoms with E-state index in [1.807, 2.05) is 30.3 Å². The number of aromatic nitrogens is 2. The number of hydrogen-bond acceptors (Lipinski definition) is 5. The van der Waals surface area contributed by atoms with Crippen LogP contribution in [0.5, 0.6) is 0 Å². The van der Waals surface area contributed by atoms with Gasteiger partial charge in [-0.1, -0.05) is 47.6 Å². The molecule has 1 aromatic heterocycles. The Kier molecular flexibility index (Phi) is 6.06. The van der Waals surface area contributed by atoms with Crippen molar-refractivity contribution in [2.75, 3.05) is 5.32 Å². The molecule has 3 N–H and O–H groups in total. The second-order valence-corrected chi connectivity index (χ2v) is 5.89. The van der Waals surface area contributed by atoms with Gasteiger partial charge in [0, 0.05) is 18.4 Å². The first-order valence-electron chi connectivity index (χ1n) is 8.10. The lowest BCUT2D eigenvalue weighted by Crippen LogP contribution is -2.43. The van der Waals surface area contributed by atoms with Gasteiger partial charge in [0.05, 0.1) is 5.69 Å². The van der Waals surface area contributed by atoms with Gasteiger partial charge in [-0.25, -0.2) is 4.39 Å². The van der Waals surface area contributed by atoms with Gasteiger partial charge < -0.3 is 9.84 Å². The van der Waals surface area contributed by atoms with Crippen molar-refractivity contribution < 1.29 is 13.7 Å². The molecule has 9 heteroatoms. The smallest absolute Gasteiger partial charge is 0.238 e. The number of nitrogens with one attached hydrogen (secondary N) is 3. The summed E-state index contributed by atoms with van der Waals surface area (Å²) < 4.78 is 18.7. The maximum atomic E-state index is 13.5. The predicted octanol–water partition coefficient (Wildman–Crippen LogP) is 2.83. The van der Waals surface area contributed by atoms with E-state index in [0.717, 1.165) is 5.56 Å². The molecule has 0 saturated heterocycles. The van der Waals surface area contributed by atoms with Crippen LogP contribution in [0.15, 0.2) is 59.1 Å². The lowest BCUT2D eigenvalue weighted by Gasteiger charge is -2.11. The maximum Gasteiger partial charge on any atom is 0.238 e. The predicted molar refractivity (Wildman–Crippen MR) is 102 cm³/mol. The fourth-order valence-electron chi connectivity index (χ4n) is 2.19. The van der Waals surface area contributed by atoms with Gasteiger partial charge in [-0.05, 0) is 24.4 Å². The number of carbonyl (C=O) groups excluding carboxylic acids is 1. The zero-order chi connectivity index (χ0) is 19.1. The van der Waals surface area contributed by atoms with Gasteiger partial charge in [0.15, 0.2) is 5.11 Å². The lowest BCUT2D eigenvalue weighted by atomic mass is 10.2. The van der Waals surface area contributed by atoms with Gasteiger partial charge in [0.2, 0.25) is 17.6 Å². The van der Waals surface area contributed by atoms with Gasteiger partial charge >= 0.3 is 0 Å². The number of thiocarbonyl (C=S) groups is 1. The molecule has 27 heavy (non-hydrogen) atoms. The zero-order valence-corrected chi connectivity index (χ0v) is 14.9. The van der Waals surface area contributed by atoms with Crippen molar-refractivity contribution in [1.82, 2.24) is 21.0 Å². The standard InChI is InChI=1S/C18H16FN5O2S/c19-13-8-4-5-9-14(13)20-18(27)23-22-15(25)10-11-16-21-17(24-26-16)12-6-2-1-3-7-12/h1-9H,10-11H2,(H,22,25)(H2,20,23,27). The molecule has 3 aromatic rings. The van der Waals surface area contributed by atoms with Crippen LogP contribution in [0.3, 0.4) is 0 Å². The summed E-state index contributed by atoms with van der Waals surface area (Å²) in [5.74, 6) is 0.0567. The number of anilines is 1. The molecule has 0 spiro atoms. The van der Waals surface area contributed by atoms with Gasteiger partial charge in [0.1, 0.15) is 5.82 Å². The number of aryl methyl sites for hydroxylation is 1. The lowest BCUT2D eigenvalue weighted by molar-refractivity contribution is -0.121. The van der Waals surface area contributed by atoms with Gasteiger partial charge in [0.25, 0.3) is 0 Å². The van der Waals surface area contributed by atoms with E-state index in [0.29, 0.717) is 11.7 Å². The molecule has 0 unspecified atom stereocenters. The van der Waals surface area contributed by atoms with E-state index in [4.69, 9.17) is 16.7 Å². The third kappa shape index (κ3) is 5.32. The van der Waals surface area contributed by atoms with E-state index in [-0.39, 0.29) is 29.5 Å². The number of benzene rings is 2. The van der Waals surface area contributed by atoms with Crippen molar-refractivity contribution in [3.05, 3.63) is 66.3 Å². The molecule has 7 nitrogen and oxygen atoms in total. The van der Waals surface area contributed by atoms with Gasteiger partial charge in [-0.15, -0.1) is 0 Å². The second kappa shape index (κ2) is 8.86. The summed E-state index contributed by atoms with van der Waals surface area (Å²) in [4.78, 5) is 16.1. The Hall–Kier alpha value is -3.33. The number of hydrogen-bond donors (Lipinski definition) is 3. The molecule has 0 bridgehead atoms. The van der Waals surface area contributed by atoms with Crippen molar-refractivity contribution in [2.45, 2.75) is 12.8 Å². The molecule has 138 valence electrons. The van der Waals surface area contributed by atoms with E-state index < -0.39 is 5.82 Å². The maximum absolute atomic E-state index is 13.5. The van der Waals surface area contributed by atoms with Crippen LogP contribution in [0, 0.1) is 5.82 Å². The SMILES string of the molecule is O=C(CCc1nc(-c2ccccc2)no1)NNC(=S)Nc1ccccc1F. The monoisotopic (exact) mass is 385 g/mol. The number of rotatable bonds is 5. The Balaban J connectivity index is 1.43. The van der Waals surface area contributed by atoms with Crippen molar-refractivity contribution in [1.29, 1.82) is 0 Å². The number of nitrogens with zero attached hydrogens (tertiary/aromatic N) is 2. The Bertz CT molecular complexity index is 932. The number of halogens is 1. The average molecular weight is 385 g/mol. The normalized spacial score (nSPS) is 10.3. The van der Waals surface area contributed by atoms with Crippen LogP contribution in [0.25, 0.3) is 11.4 Å². The minimum Gasteiger partial charge on any atom is -0.339 e. The highest BCUT2D eigenvalue weighted by Crippen LogP contribution is 2.15. The van der Waals surface area contributed by atoms with Crippen LogP contribution in [0.4, 0.5) is 10.1 Å². The van der Waals surface area contributed by atoms with Gasteiger partial charge in [-0.3, -0.25) is 15.6 Å². The topological polar surface area (TPSA) is 92.1 Å². The quantitative estimate of drug-likeness (QED) is 0.459. The summed E-state index contributed by atoms with van der Waals surface area (Å²) in [5, 5.41) is 6.61. The highest BCUT2D eigenvalue weighted by atomic mass is 32.1. The summed E-state index contributed by atoms with van der Waals surface area (Å²) in [6, 6.07) is 15.5. The number of carbonyl (C=O) groups is 1. The second-order valence-electron chi connectivity index (χ2n) is 5.48. The number of amides is 1. The molecule has 1 amide bonds. The van der Waals surface area contributed by atoms with Crippen LogP contribution >= 0.6 is 12.2 Å². The summed E-state index contributed by atoms with van der Waals surface area (Å²) in [6.45, 7) is 0. The first kappa shape index (κ1) is 18.5.